The number of nitrogens with two attached hydrogens (primary N) is 1. The Kier molecular flexibility index (Phi) is 6.95. The van der Waals surface area contributed by atoms with Crippen LogP contribution >= 0.6 is 12.4 Å². The summed E-state index contributed by atoms with van der Waals surface area (Å²) in [4.78, 5) is 11.2. The molecule has 0 aromatic heterocycles. The molecule has 1 aromatic rings. The van der Waals surface area contributed by atoms with Crippen molar-refractivity contribution < 1.29 is 27.1 Å². The van der Waals surface area contributed by atoms with E-state index in [2.05, 4.69) is 4.74 Å². The lowest BCUT2D eigenvalue weighted by atomic mass is 9.97. The summed E-state index contributed by atoms with van der Waals surface area (Å²) in [5, 5.41) is 0. The summed E-state index contributed by atoms with van der Waals surface area (Å²) in [6.45, 7) is 1.38. The van der Waals surface area contributed by atoms with Crippen LogP contribution in [-0.4, -0.2) is 18.7 Å². The number of halogens is 5. The highest BCUT2D eigenvalue weighted by molar-refractivity contribution is 5.85. The molecular weight excluding hydrogens is 302 g/mol. The second-order valence-corrected chi connectivity index (χ2v) is 3.76. The van der Waals surface area contributed by atoms with Crippen LogP contribution in [0.2, 0.25) is 0 Å². The first-order valence-corrected chi connectivity index (χ1v) is 5.51. The smallest absolute Gasteiger partial charge is 0.416 e. The zero-order chi connectivity index (χ0) is 14.6. The number of ether oxygens (including phenoxy) is 1. The number of hydrogen-bond donors (Lipinski definition) is 1. The first-order valence-electron chi connectivity index (χ1n) is 5.51. The monoisotopic (exact) mass is 315 g/mol. The van der Waals surface area contributed by atoms with Crippen LogP contribution in [0.3, 0.4) is 0 Å². The molecule has 8 heteroatoms. The highest BCUT2D eigenvalue weighted by Crippen LogP contribution is 2.35. The number of carbonyl (C=O) groups is 1. The average Bonchev–Trinajstić information content (AvgIpc) is 2.36. The molecule has 0 amide bonds. The maximum absolute atomic E-state index is 13.7. The second kappa shape index (κ2) is 7.44. The van der Waals surface area contributed by atoms with Gasteiger partial charge in [0.15, 0.2) is 0 Å². The van der Waals surface area contributed by atoms with Gasteiger partial charge in [-0.05, 0) is 18.6 Å². The number of alkyl halides is 4. The summed E-state index contributed by atoms with van der Waals surface area (Å²) < 4.78 is 56.2. The predicted molar refractivity (Wildman–Crippen MR) is 67.1 cm³/mol. The zero-order valence-electron chi connectivity index (χ0n) is 10.5. The second-order valence-electron chi connectivity index (χ2n) is 3.76. The van der Waals surface area contributed by atoms with E-state index in [1.807, 2.05) is 0 Å². The van der Waals surface area contributed by atoms with Crippen molar-refractivity contribution in [3.63, 3.8) is 0 Å². The van der Waals surface area contributed by atoms with Gasteiger partial charge < -0.3 is 10.5 Å². The van der Waals surface area contributed by atoms with E-state index < -0.39 is 35.5 Å². The first-order chi connectivity index (χ1) is 8.79. The van der Waals surface area contributed by atoms with Crippen molar-refractivity contribution in [1.29, 1.82) is 0 Å². The van der Waals surface area contributed by atoms with Crippen molar-refractivity contribution in [2.75, 3.05) is 6.61 Å². The molecule has 1 unspecified atom stereocenters. The van der Waals surface area contributed by atoms with E-state index in [9.17, 15) is 22.4 Å². The molecule has 20 heavy (non-hydrogen) atoms. The minimum atomic E-state index is -4.66. The molecule has 1 aromatic carbocycles. The van der Waals surface area contributed by atoms with Crippen LogP contribution in [0.1, 0.15) is 24.1 Å². The third-order valence-corrected chi connectivity index (χ3v) is 2.45. The quantitative estimate of drug-likeness (QED) is 0.686. The molecule has 0 saturated heterocycles. The number of carbonyl (C=O) groups excluding carboxylic acids is 1. The topological polar surface area (TPSA) is 52.3 Å². The van der Waals surface area contributed by atoms with Crippen molar-refractivity contribution in [2.45, 2.75) is 25.3 Å². The number of rotatable bonds is 4. The molecule has 3 nitrogen and oxygen atoms in total. The summed E-state index contributed by atoms with van der Waals surface area (Å²) in [6.07, 6.45) is -7.01. The third-order valence-electron chi connectivity index (χ3n) is 2.45. The van der Waals surface area contributed by atoms with Gasteiger partial charge in [-0.2, -0.15) is 13.2 Å². The fraction of sp³-hybridized carbons (Fsp3) is 0.417. The molecule has 0 fully saturated rings. The van der Waals surface area contributed by atoms with E-state index >= 15 is 0 Å². The van der Waals surface area contributed by atoms with Gasteiger partial charge in [0, 0.05) is 0 Å². The standard InChI is InChI=1S/C12H13F4NO2.ClH/c1-2-19-11(18)9(13)10(17)7-5-3-4-6-8(7)12(14,15)16;/h3-6,9-10H,2,17H2,1H3;1H/t9?,10-;/m1./s1. The number of esters is 1. The molecule has 2 atom stereocenters. The number of hydrogen-bond acceptors (Lipinski definition) is 3. The van der Waals surface area contributed by atoms with Crippen LogP contribution in [0, 0.1) is 0 Å². The highest BCUT2D eigenvalue weighted by Gasteiger charge is 2.37. The molecule has 0 aliphatic carbocycles. The summed E-state index contributed by atoms with van der Waals surface area (Å²) in [6, 6.07) is 2.56. The minimum absolute atomic E-state index is 0. The third kappa shape index (κ3) is 4.35. The summed E-state index contributed by atoms with van der Waals surface area (Å²) in [5.74, 6) is -1.27. The van der Waals surface area contributed by atoms with Crippen LogP contribution in [0.5, 0.6) is 0 Å². The largest absolute Gasteiger partial charge is 0.464 e. The zero-order valence-corrected chi connectivity index (χ0v) is 11.3. The Morgan fingerprint density at radius 2 is 1.90 bits per heavy atom. The lowest BCUT2D eigenvalue weighted by molar-refractivity contribution is -0.150. The molecular formula is C12H14ClF4NO2. The van der Waals surface area contributed by atoms with E-state index in [0.29, 0.717) is 0 Å². The Morgan fingerprint density at radius 1 is 1.35 bits per heavy atom. The van der Waals surface area contributed by atoms with Crippen LogP contribution in [0.25, 0.3) is 0 Å². The van der Waals surface area contributed by atoms with Crippen LogP contribution in [0.4, 0.5) is 17.6 Å². The summed E-state index contributed by atoms with van der Waals surface area (Å²) in [7, 11) is 0. The Labute approximate surface area is 119 Å². The van der Waals surface area contributed by atoms with Gasteiger partial charge in [-0.3, -0.25) is 0 Å². The SMILES string of the molecule is CCOC(=O)C(F)[C@H](N)c1ccccc1C(F)(F)F.Cl. The summed E-state index contributed by atoms with van der Waals surface area (Å²) >= 11 is 0. The fourth-order valence-electron chi connectivity index (χ4n) is 1.57. The Balaban J connectivity index is 0.00000361. The van der Waals surface area contributed by atoms with Gasteiger partial charge >= 0.3 is 12.1 Å². The Bertz CT molecular complexity index is 453. The molecule has 0 aliphatic heterocycles. The van der Waals surface area contributed by atoms with Crippen molar-refractivity contribution in [3.8, 4) is 0 Å². The molecule has 2 N–H and O–H groups in total. The van der Waals surface area contributed by atoms with E-state index in [4.69, 9.17) is 5.73 Å². The van der Waals surface area contributed by atoms with Crippen molar-refractivity contribution in [3.05, 3.63) is 35.4 Å². The van der Waals surface area contributed by atoms with E-state index in [0.717, 1.165) is 18.2 Å². The molecule has 0 spiro atoms. The van der Waals surface area contributed by atoms with E-state index in [1.54, 1.807) is 0 Å². The lowest BCUT2D eigenvalue weighted by Gasteiger charge is -2.20. The molecule has 114 valence electrons. The number of benzene rings is 1. The predicted octanol–water partition coefficient (Wildman–Crippen LogP) is 3.03. The molecule has 0 radical (unpaired) electrons. The highest BCUT2D eigenvalue weighted by atomic mass is 35.5. The summed E-state index contributed by atoms with van der Waals surface area (Å²) in [5.41, 5.74) is 3.85. The Hall–Kier alpha value is -1.34. The minimum Gasteiger partial charge on any atom is -0.464 e. The van der Waals surface area contributed by atoms with Gasteiger partial charge in [0.05, 0.1) is 18.2 Å². The van der Waals surface area contributed by atoms with Gasteiger partial charge in [-0.25, -0.2) is 9.18 Å². The van der Waals surface area contributed by atoms with Gasteiger partial charge in [0.2, 0.25) is 6.17 Å². The molecule has 0 bridgehead atoms. The van der Waals surface area contributed by atoms with Crippen LogP contribution in [0.15, 0.2) is 24.3 Å². The maximum Gasteiger partial charge on any atom is 0.416 e. The molecule has 1 rings (SSSR count). The van der Waals surface area contributed by atoms with E-state index in [1.165, 1.54) is 13.0 Å². The van der Waals surface area contributed by atoms with Gasteiger partial charge in [-0.15, -0.1) is 12.4 Å². The van der Waals surface area contributed by atoms with Crippen molar-refractivity contribution in [2.24, 2.45) is 5.73 Å². The van der Waals surface area contributed by atoms with Gasteiger partial charge in [0.25, 0.3) is 0 Å². The maximum atomic E-state index is 13.7. The van der Waals surface area contributed by atoms with E-state index in [-0.39, 0.29) is 19.0 Å². The normalized spacial score (nSPS) is 14.1. The first kappa shape index (κ1) is 18.7. The van der Waals surface area contributed by atoms with Crippen LogP contribution < -0.4 is 5.73 Å². The molecule has 0 aliphatic rings. The van der Waals surface area contributed by atoms with Crippen LogP contribution in [-0.2, 0) is 15.7 Å². The fourth-order valence-corrected chi connectivity index (χ4v) is 1.57. The van der Waals surface area contributed by atoms with Gasteiger partial charge in [0.1, 0.15) is 0 Å². The van der Waals surface area contributed by atoms with Crippen molar-refractivity contribution in [1.82, 2.24) is 0 Å². The molecule has 0 heterocycles. The lowest BCUT2D eigenvalue weighted by Crippen LogP contribution is -2.33. The van der Waals surface area contributed by atoms with Gasteiger partial charge in [-0.1, -0.05) is 18.2 Å². The Morgan fingerprint density at radius 3 is 2.40 bits per heavy atom. The van der Waals surface area contributed by atoms with Crippen molar-refractivity contribution >= 4 is 18.4 Å². The average molecular weight is 316 g/mol. The molecule has 0 saturated carbocycles.